The highest BCUT2D eigenvalue weighted by Gasteiger charge is 2.06. The summed E-state index contributed by atoms with van der Waals surface area (Å²) in [6.07, 6.45) is 3.15. The predicted molar refractivity (Wildman–Crippen MR) is 63.2 cm³/mol. The Kier molecular flexibility index (Phi) is 3.20. The molecule has 0 spiro atoms. The molecule has 0 aliphatic rings. The molecule has 0 fully saturated rings. The van der Waals surface area contributed by atoms with E-state index in [-0.39, 0.29) is 22.2 Å². The van der Waals surface area contributed by atoms with Gasteiger partial charge in [0.25, 0.3) is 0 Å². The summed E-state index contributed by atoms with van der Waals surface area (Å²) in [7, 11) is 0. The van der Waals surface area contributed by atoms with E-state index in [4.69, 9.17) is 11.6 Å². The Balaban J connectivity index is 2.31. The maximum Gasteiger partial charge on any atom is 0.146 e. The zero-order chi connectivity index (χ0) is 12.3. The summed E-state index contributed by atoms with van der Waals surface area (Å²) in [6.45, 7) is 0. The van der Waals surface area contributed by atoms with E-state index in [0.717, 1.165) is 6.07 Å². The van der Waals surface area contributed by atoms with Crippen LogP contribution in [-0.4, -0.2) is 15.2 Å². The number of azo groups is 1. The number of hydrogen-bond donors (Lipinski definition) is 2. The molecule has 1 aromatic heterocycles. The molecule has 86 valence electrons. The van der Waals surface area contributed by atoms with Gasteiger partial charge in [-0.05, 0) is 18.2 Å². The van der Waals surface area contributed by atoms with Crippen molar-refractivity contribution >= 4 is 23.0 Å². The van der Waals surface area contributed by atoms with Gasteiger partial charge < -0.3 is 10.2 Å². The number of hydrogen-bond acceptors (Lipinski definition) is 5. The zero-order valence-electron chi connectivity index (χ0n) is 8.58. The molecular weight excluding hydrogens is 242 g/mol. The molecule has 0 bridgehead atoms. The van der Waals surface area contributed by atoms with Gasteiger partial charge in [-0.25, -0.2) is 0 Å². The van der Waals surface area contributed by atoms with Crippen molar-refractivity contribution in [3.05, 3.63) is 41.7 Å². The molecular formula is C11H8ClN3O2. The Labute approximate surface area is 102 Å². The van der Waals surface area contributed by atoms with Crippen molar-refractivity contribution in [2.75, 3.05) is 0 Å². The molecule has 5 nitrogen and oxygen atoms in total. The quantitative estimate of drug-likeness (QED) is 0.799. The van der Waals surface area contributed by atoms with Gasteiger partial charge in [-0.15, -0.1) is 10.2 Å². The van der Waals surface area contributed by atoms with Crippen LogP contribution in [0.1, 0.15) is 0 Å². The van der Waals surface area contributed by atoms with Gasteiger partial charge in [0.15, 0.2) is 0 Å². The second-order valence-corrected chi connectivity index (χ2v) is 3.61. The molecule has 0 atom stereocenters. The third kappa shape index (κ3) is 2.70. The van der Waals surface area contributed by atoms with Crippen LogP contribution in [0.2, 0.25) is 5.02 Å². The molecule has 0 aliphatic carbocycles. The van der Waals surface area contributed by atoms with Crippen molar-refractivity contribution in [2.24, 2.45) is 10.2 Å². The first-order valence-corrected chi connectivity index (χ1v) is 5.08. The summed E-state index contributed by atoms with van der Waals surface area (Å²) < 4.78 is 0. The molecule has 1 heterocycles. The summed E-state index contributed by atoms with van der Waals surface area (Å²) >= 11 is 5.69. The van der Waals surface area contributed by atoms with Gasteiger partial charge in [0.1, 0.15) is 22.9 Å². The van der Waals surface area contributed by atoms with E-state index < -0.39 is 0 Å². The largest absolute Gasteiger partial charge is 0.506 e. The van der Waals surface area contributed by atoms with Gasteiger partial charge in [0.2, 0.25) is 0 Å². The average molecular weight is 250 g/mol. The fourth-order valence-corrected chi connectivity index (χ4v) is 1.30. The molecule has 0 radical (unpaired) electrons. The van der Waals surface area contributed by atoms with E-state index in [1.165, 1.54) is 12.3 Å². The zero-order valence-corrected chi connectivity index (χ0v) is 9.33. The first-order chi connectivity index (χ1) is 8.16. The summed E-state index contributed by atoms with van der Waals surface area (Å²) in [6, 6.07) is 5.87. The fourth-order valence-electron chi connectivity index (χ4n) is 1.14. The Morgan fingerprint density at radius 2 is 1.94 bits per heavy atom. The van der Waals surface area contributed by atoms with Crippen molar-refractivity contribution < 1.29 is 10.2 Å². The van der Waals surface area contributed by atoms with Crippen LogP contribution in [0.5, 0.6) is 11.5 Å². The fraction of sp³-hybridized carbons (Fsp3) is 0. The Bertz CT molecular complexity index is 558. The normalized spacial score (nSPS) is 10.9. The highest BCUT2D eigenvalue weighted by Crippen LogP contribution is 2.36. The van der Waals surface area contributed by atoms with Gasteiger partial charge in [0.05, 0.1) is 11.2 Å². The highest BCUT2D eigenvalue weighted by atomic mass is 35.5. The number of benzene rings is 1. The lowest BCUT2D eigenvalue weighted by Gasteiger charge is -2.00. The Morgan fingerprint density at radius 1 is 1.12 bits per heavy atom. The molecule has 0 aliphatic heterocycles. The van der Waals surface area contributed by atoms with Crippen LogP contribution >= 0.6 is 11.6 Å². The lowest BCUT2D eigenvalue weighted by Crippen LogP contribution is -1.72. The van der Waals surface area contributed by atoms with Crippen molar-refractivity contribution in [2.45, 2.75) is 0 Å². The number of pyridine rings is 1. The number of phenolic OH excluding ortho intramolecular Hbond substituents is 2. The molecule has 2 aromatic rings. The molecule has 1 aromatic carbocycles. The van der Waals surface area contributed by atoms with E-state index in [1.807, 2.05) is 0 Å². The third-order valence-electron chi connectivity index (χ3n) is 1.96. The Hall–Kier alpha value is -2.14. The first kappa shape index (κ1) is 11.3. The molecule has 2 rings (SSSR count). The molecule has 0 amide bonds. The summed E-state index contributed by atoms with van der Waals surface area (Å²) in [4.78, 5) is 3.87. The molecule has 0 saturated heterocycles. The molecule has 17 heavy (non-hydrogen) atoms. The lowest BCUT2D eigenvalue weighted by molar-refractivity contribution is 0.451. The summed E-state index contributed by atoms with van der Waals surface area (Å²) in [5.41, 5.74) is 0.729. The number of nitrogens with zero attached hydrogens (tertiary/aromatic N) is 3. The van der Waals surface area contributed by atoms with Crippen LogP contribution in [0.4, 0.5) is 11.4 Å². The molecule has 2 N–H and O–H groups in total. The van der Waals surface area contributed by atoms with Crippen molar-refractivity contribution in [3.8, 4) is 11.5 Å². The monoisotopic (exact) mass is 249 g/mol. The SMILES string of the molecule is Oc1cc(O)c(N=Nc2cccnc2)cc1Cl. The van der Waals surface area contributed by atoms with E-state index in [0.29, 0.717) is 5.69 Å². The van der Waals surface area contributed by atoms with Crippen LogP contribution in [0.15, 0.2) is 46.9 Å². The van der Waals surface area contributed by atoms with Crippen molar-refractivity contribution in [1.29, 1.82) is 0 Å². The van der Waals surface area contributed by atoms with Crippen LogP contribution in [-0.2, 0) is 0 Å². The standard InChI is InChI=1S/C11H8ClN3O2/c12-8-4-9(11(17)5-10(8)16)15-14-7-2-1-3-13-6-7/h1-6,16-17H. The first-order valence-electron chi connectivity index (χ1n) is 4.70. The van der Waals surface area contributed by atoms with Gasteiger partial charge in [0, 0.05) is 12.3 Å². The number of phenols is 2. The van der Waals surface area contributed by atoms with Gasteiger partial charge >= 0.3 is 0 Å². The van der Waals surface area contributed by atoms with Crippen LogP contribution in [0.25, 0.3) is 0 Å². The van der Waals surface area contributed by atoms with Crippen LogP contribution in [0.3, 0.4) is 0 Å². The van der Waals surface area contributed by atoms with E-state index in [9.17, 15) is 10.2 Å². The second kappa shape index (κ2) is 4.80. The minimum absolute atomic E-state index is 0.0999. The summed E-state index contributed by atoms with van der Waals surface area (Å²) in [5, 5.41) is 26.5. The number of rotatable bonds is 2. The van der Waals surface area contributed by atoms with E-state index >= 15 is 0 Å². The van der Waals surface area contributed by atoms with Crippen LogP contribution < -0.4 is 0 Å². The van der Waals surface area contributed by atoms with Crippen molar-refractivity contribution in [1.82, 2.24) is 4.98 Å². The minimum Gasteiger partial charge on any atom is -0.506 e. The van der Waals surface area contributed by atoms with Gasteiger partial charge in [-0.3, -0.25) is 4.98 Å². The van der Waals surface area contributed by atoms with Gasteiger partial charge in [-0.1, -0.05) is 11.6 Å². The summed E-state index contributed by atoms with van der Waals surface area (Å²) in [5.74, 6) is -0.399. The minimum atomic E-state index is -0.204. The smallest absolute Gasteiger partial charge is 0.146 e. The van der Waals surface area contributed by atoms with Crippen molar-refractivity contribution in [3.63, 3.8) is 0 Å². The topological polar surface area (TPSA) is 78.1 Å². The second-order valence-electron chi connectivity index (χ2n) is 3.20. The third-order valence-corrected chi connectivity index (χ3v) is 2.27. The van der Waals surface area contributed by atoms with E-state index in [2.05, 4.69) is 15.2 Å². The highest BCUT2D eigenvalue weighted by molar-refractivity contribution is 6.32. The number of halogens is 1. The maximum atomic E-state index is 9.51. The maximum absolute atomic E-state index is 9.51. The van der Waals surface area contributed by atoms with E-state index in [1.54, 1.807) is 18.3 Å². The molecule has 0 saturated carbocycles. The van der Waals surface area contributed by atoms with Crippen LogP contribution in [0, 0.1) is 0 Å². The number of aromatic nitrogens is 1. The average Bonchev–Trinajstić information content (AvgIpc) is 2.33. The molecule has 0 unspecified atom stereocenters. The predicted octanol–water partition coefficient (Wildman–Crippen LogP) is 3.56. The molecule has 6 heteroatoms. The number of aromatic hydroxyl groups is 2. The van der Waals surface area contributed by atoms with Gasteiger partial charge in [-0.2, -0.15) is 0 Å². The lowest BCUT2D eigenvalue weighted by atomic mass is 10.3. The Morgan fingerprint density at radius 3 is 2.65 bits per heavy atom.